The van der Waals surface area contributed by atoms with Crippen molar-refractivity contribution >= 4 is 38.5 Å². The number of hydrogen-bond donors (Lipinski definition) is 2. The summed E-state index contributed by atoms with van der Waals surface area (Å²) < 4.78 is 29.5. The highest BCUT2D eigenvalue weighted by atomic mass is 35.5. The number of aromatic nitrogens is 4. The first kappa shape index (κ1) is 22.8. The molecule has 0 radical (unpaired) electrons. The van der Waals surface area contributed by atoms with E-state index in [-0.39, 0.29) is 11.4 Å². The van der Waals surface area contributed by atoms with E-state index in [1.807, 2.05) is 42.8 Å². The SMILES string of the molecule is Cc1ccc(-n2nc(C)c3c(NCCNS(=O)(=O)c4ccc(Cl)cc4)nc(C4CC4)nc32)cc1. The second-order valence-corrected chi connectivity index (χ2v) is 10.7. The molecule has 0 aliphatic heterocycles. The number of nitrogens with one attached hydrogen (secondary N) is 2. The Hall–Kier alpha value is -3.01. The predicted octanol–water partition coefficient (Wildman–Crippen LogP) is 4.35. The van der Waals surface area contributed by atoms with Crippen molar-refractivity contribution in [2.45, 2.75) is 37.5 Å². The standard InChI is InChI=1S/C24H25ClN6O2S/c1-15-3-9-19(10-4-15)31-24-21(16(2)30-31)23(28-22(29-24)17-5-6-17)26-13-14-27-34(32,33)20-11-7-18(25)8-12-20/h3-4,7-12,17,27H,5-6,13-14H2,1-2H3,(H,26,28,29). The van der Waals surface area contributed by atoms with Crippen molar-refractivity contribution in [3.63, 3.8) is 0 Å². The van der Waals surface area contributed by atoms with Crippen LogP contribution in [0.2, 0.25) is 5.02 Å². The third kappa shape index (κ3) is 4.64. The van der Waals surface area contributed by atoms with Gasteiger partial charge in [0, 0.05) is 24.0 Å². The number of rotatable bonds is 8. The minimum atomic E-state index is -3.63. The highest BCUT2D eigenvalue weighted by Gasteiger charge is 2.29. The summed E-state index contributed by atoms with van der Waals surface area (Å²) in [6.45, 7) is 4.53. The van der Waals surface area contributed by atoms with Gasteiger partial charge in [0.15, 0.2) is 5.65 Å². The van der Waals surface area contributed by atoms with Gasteiger partial charge in [-0.05, 0) is 63.1 Å². The Morgan fingerprint density at radius 3 is 2.38 bits per heavy atom. The molecule has 0 unspecified atom stereocenters. The zero-order valence-corrected chi connectivity index (χ0v) is 20.5. The average molecular weight is 497 g/mol. The number of aryl methyl sites for hydroxylation is 2. The van der Waals surface area contributed by atoms with Gasteiger partial charge < -0.3 is 5.32 Å². The molecule has 2 N–H and O–H groups in total. The molecule has 10 heteroatoms. The molecule has 4 aromatic rings. The lowest BCUT2D eigenvalue weighted by atomic mass is 10.2. The molecule has 0 amide bonds. The number of benzene rings is 2. The molecule has 2 heterocycles. The lowest BCUT2D eigenvalue weighted by Crippen LogP contribution is -2.29. The summed E-state index contributed by atoms with van der Waals surface area (Å²) in [6.07, 6.45) is 2.15. The molecule has 1 aliphatic rings. The van der Waals surface area contributed by atoms with Gasteiger partial charge in [0.2, 0.25) is 10.0 Å². The molecule has 2 aromatic heterocycles. The van der Waals surface area contributed by atoms with Crippen molar-refractivity contribution in [2.24, 2.45) is 0 Å². The van der Waals surface area contributed by atoms with Crippen molar-refractivity contribution in [3.8, 4) is 5.69 Å². The first-order valence-corrected chi connectivity index (χ1v) is 13.0. The van der Waals surface area contributed by atoms with E-state index in [9.17, 15) is 8.42 Å². The third-order valence-corrected chi connectivity index (χ3v) is 7.50. The van der Waals surface area contributed by atoms with Crippen molar-refractivity contribution in [3.05, 3.63) is 70.6 Å². The van der Waals surface area contributed by atoms with Crippen LogP contribution >= 0.6 is 11.6 Å². The number of fused-ring (bicyclic) bond motifs is 1. The second kappa shape index (κ2) is 8.98. The Labute approximate surface area is 203 Å². The number of hydrogen-bond acceptors (Lipinski definition) is 6. The molecule has 176 valence electrons. The molecule has 0 atom stereocenters. The van der Waals surface area contributed by atoms with Crippen molar-refractivity contribution in [1.29, 1.82) is 0 Å². The van der Waals surface area contributed by atoms with Gasteiger partial charge in [0.25, 0.3) is 0 Å². The first-order chi connectivity index (χ1) is 16.3. The number of halogens is 1. The van der Waals surface area contributed by atoms with Gasteiger partial charge in [0.05, 0.1) is 21.7 Å². The largest absolute Gasteiger partial charge is 0.368 e. The van der Waals surface area contributed by atoms with Crippen LogP contribution in [-0.4, -0.2) is 41.3 Å². The summed E-state index contributed by atoms with van der Waals surface area (Å²) in [7, 11) is -3.63. The fourth-order valence-electron chi connectivity index (χ4n) is 3.78. The first-order valence-electron chi connectivity index (χ1n) is 11.2. The van der Waals surface area contributed by atoms with Crippen molar-refractivity contribution < 1.29 is 8.42 Å². The molecular weight excluding hydrogens is 472 g/mol. The monoisotopic (exact) mass is 496 g/mol. The smallest absolute Gasteiger partial charge is 0.240 e. The van der Waals surface area contributed by atoms with Gasteiger partial charge in [-0.15, -0.1) is 0 Å². The molecule has 34 heavy (non-hydrogen) atoms. The van der Waals surface area contributed by atoms with E-state index in [4.69, 9.17) is 26.7 Å². The van der Waals surface area contributed by atoms with Crippen LogP contribution in [0.4, 0.5) is 5.82 Å². The van der Waals surface area contributed by atoms with Gasteiger partial charge in [-0.2, -0.15) is 5.10 Å². The van der Waals surface area contributed by atoms with Crippen molar-refractivity contribution in [2.75, 3.05) is 18.4 Å². The van der Waals surface area contributed by atoms with E-state index < -0.39 is 10.0 Å². The summed E-state index contributed by atoms with van der Waals surface area (Å²) >= 11 is 5.86. The number of anilines is 1. The van der Waals surface area contributed by atoms with E-state index in [1.54, 1.807) is 12.1 Å². The van der Waals surface area contributed by atoms with E-state index in [0.717, 1.165) is 41.1 Å². The molecule has 0 saturated heterocycles. The maximum atomic E-state index is 12.5. The fourth-order valence-corrected chi connectivity index (χ4v) is 4.94. The Kier molecular flexibility index (Phi) is 6.01. The third-order valence-electron chi connectivity index (χ3n) is 5.77. The minimum Gasteiger partial charge on any atom is -0.368 e. The maximum absolute atomic E-state index is 12.5. The highest BCUT2D eigenvalue weighted by Crippen LogP contribution is 2.40. The van der Waals surface area contributed by atoms with Gasteiger partial charge in [-0.1, -0.05) is 29.3 Å². The molecule has 5 rings (SSSR count). The molecule has 0 bridgehead atoms. The Bertz CT molecular complexity index is 1450. The summed E-state index contributed by atoms with van der Waals surface area (Å²) in [5, 5.41) is 9.37. The molecule has 1 aliphatic carbocycles. The number of sulfonamides is 1. The molecule has 1 saturated carbocycles. The molecule has 8 nitrogen and oxygen atoms in total. The quantitative estimate of drug-likeness (QED) is 0.351. The van der Waals surface area contributed by atoms with E-state index >= 15 is 0 Å². The summed E-state index contributed by atoms with van der Waals surface area (Å²) in [6, 6.07) is 14.2. The van der Waals surface area contributed by atoms with Crippen molar-refractivity contribution in [1.82, 2.24) is 24.5 Å². The fraction of sp³-hybridized carbons (Fsp3) is 0.292. The number of nitrogens with zero attached hydrogens (tertiary/aromatic N) is 4. The molecule has 2 aromatic carbocycles. The van der Waals surface area contributed by atoms with Gasteiger partial charge in [0.1, 0.15) is 11.6 Å². The minimum absolute atomic E-state index is 0.174. The Morgan fingerprint density at radius 1 is 1.00 bits per heavy atom. The maximum Gasteiger partial charge on any atom is 0.240 e. The van der Waals surface area contributed by atoms with Crippen LogP contribution in [0.3, 0.4) is 0 Å². The molecule has 0 spiro atoms. The van der Waals surface area contributed by atoms with Crippen LogP contribution in [0.25, 0.3) is 16.7 Å². The summed E-state index contributed by atoms with van der Waals surface area (Å²) in [5.74, 6) is 1.83. The average Bonchev–Trinajstić information content (AvgIpc) is 3.61. The van der Waals surface area contributed by atoms with Crippen LogP contribution in [0.1, 0.15) is 35.8 Å². The van der Waals surface area contributed by atoms with Crippen LogP contribution in [0, 0.1) is 13.8 Å². The summed E-state index contributed by atoms with van der Waals surface area (Å²) in [5.41, 5.74) is 3.67. The lowest BCUT2D eigenvalue weighted by Gasteiger charge is -2.11. The highest BCUT2D eigenvalue weighted by molar-refractivity contribution is 7.89. The Balaban J connectivity index is 1.39. The second-order valence-electron chi connectivity index (χ2n) is 8.51. The Morgan fingerprint density at radius 2 is 1.71 bits per heavy atom. The zero-order chi connectivity index (χ0) is 23.9. The zero-order valence-electron chi connectivity index (χ0n) is 18.9. The molecular formula is C24H25ClN6O2S. The van der Waals surface area contributed by atoms with E-state index in [1.165, 1.54) is 17.7 Å². The summed E-state index contributed by atoms with van der Waals surface area (Å²) in [4.78, 5) is 9.81. The lowest BCUT2D eigenvalue weighted by molar-refractivity contribution is 0.583. The predicted molar refractivity (Wildman–Crippen MR) is 133 cm³/mol. The topological polar surface area (TPSA) is 102 Å². The van der Waals surface area contributed by atoms with Crippen LogP contribution in [-0.2, 0) is 10.0 Å². The van der Waals surface area contributed by atoms with Crippen LogP contribution in [0.5, 0.6) is 0 Å². The van der Waals surface area contributed by atoms with Gasteiger partial charge in [-0.25, -0.2) is 27.8 Å². The van der Waals surface area contributed by atoms with Crippen LogP contribution in [0.15, 0.2) is 53.4 Å². The molecule has 1 fully saturated rings. The normalized spacial score (nSPS) is 14.0. The van der Waals surface area contributed by atoms with Gasteiger partial charge >= 0.3 is 0 Å². The van der Waals surface area contributed by atoms with Gasteiger partial charge in [-0.3, -0.25) is 0 Å². The van der Waals surface area contributed by atoms with Crippen LogP contribution < -0.4 is 10.0 Å². The van der Waals surface area contributed by atoms with E-state index in [2.05, 4.69) is 10.0 Å². The van der Waals surface area contributed by atoms with E-state index in [0.29, 0.717) is 23.3 Å².